The molecule has 1 aromatic carbocycles. The van der Waals surface area contributed by atoms with Gasteiger partial charge in [0.25, 0.3) is 11.1 Å². The molecule has 0 aliphatic carbocycles. The number of hydrogen-bond acceptors (Lipinski definition) is 4. The van der Waals surface area contributed by atoms with Gasteiger partial charge >= 0.3 is 0 Å². The van der Waals surface area contributed by atoms with Gasteiger partial charge in [-0.25, -0.2) is 0 Å². The van der Waals surface area contributed by atoms with Crippen molar-refractivity contribution in [2.45, 2.75) is 13.3 Å². The second kappa shape index (κ2) is 5.79. The van der Waals surface area contributed by atoms with Crippen LogP contribution in [-0.2, 0) is 4.79 Å². The number of benzene rings is 1. The molecule has 1 saturated heterocycles. The Balaban J connectivity index is 2.32. The number of amides is 2. The molecule has 0 radical (unpaired) electrons. The molecule has 1 aromatic rings. The van der Waals surface area contributed by atoms with Crippen molar-refractivity contribution in [3.05, 3.63) is 33.1 Å². The molecule has 0 bridgehead atoms. The minimum absolute atomic E-state index is 0.0745. The molecule has 1 fully saturated rings. The van der Waals surface area contributed by atoms with E-state index in [0.29, 0.717) is 17.0 Å². The van der Waals surface area contributed by atoms with Crippen LogP contribution in [0.1, 0.15) is 18.9 Å². The zero-order valence-electron chi connectivity index (χ0n) is 10.2. The van der Waals surface area contributed by atoms with Gasteiger partial charge in [0.1, 0.15) is 5.75 Å². The highest BCUT2D eigenvalue weighted by Gasteiger charge is 2.34. The Morgan fingerprint density at radius 3 is 2.84 bits per heavy atom. The molecular weight excluding hydrogens is 330 g/mol. The number of rotatable bonds is 3. The van der Waals surface area contributed by atoms with Gasteiger partial charge in [0.2, 0.25) is 0 Å². The van der Waals surface area contributed by atoms with Gasteiger partial charge in [-0.1, -0.05) is 22.9 Å². The lowest BCUT2D eigenvalue weighted by Crippen LogP contribution is -2.28. The number of nitrogens with zero attached hydrogens (tertiary/aromatic N) is 1. The summed E-state index contributed by atoms with van der Waals surface area (Å²) in [5.41, 5.74) is 0.511. The summed E-state index contributed by atoms with van der Waals surface area (Å²) in [7, 11) is 0. The van der Waals surface area contributed by atoms with Crippen molar-refractivity contribution in [2.24, 2.45) is 0 Å². The number of carbonyl (C=O) groups is 2. The predicted molar refractivity (Wildman–Crippen MR) is 78.8 cm³/mol. The van der Waals surface area contributed by atoms with Crippen LogP contribution in [0.2, 0.25) is 0 Å². The highest BCUT2D eigenvalue weighted by molar-refractivity contribution is 9.10. The number of carbonyl (C=O) groups excluding carboxylic acids is 2. The standard InChI is InChI=1S/C13H12BrNO3S/c1-2-5-15-12(17)11(19-13(15)18)7-8-6-9(14)3-4-10(8)16/h3-4,6-7,16H,2,5H2,1H3/b11-7+. The van der Waals surface area contributed by atoms with E-state index in [9.17, 15) is 14.7 Å². The van der Waals surface area contributed by atoms with Crippen molar-refractivity contribution in [3.8, 4) is 5.75 Å². The smallest absolute Gasteiger partial charge is 0.293 e. The summed E-state index contributed by atoms with van der Waals surface area (Å²) in [5.74, 6) is -0.221. The predicted octanol–water partition coefficient (Wildman–Crippen LogP) is 3.60. The first kappa shape index (κ1) is 14.1. The SMILES string of the molecule is CCCN1C(=O)S/C(=C/c2cc(Br)ccc2O)C1=O. The number of hydrogen-bond donors (Lipinski definition) is 1. The molecule has 0 unspecified atom stereocenters. The van der Waals surface area contributed by atoms with E-state index >= 15 is 0 Å². The Kier molecular flexibility index (Phi) is 4.31. The molecule has 1 aliphatic heterocycles. The van der Waals surface area contributed by atoms with Gasteiger partial charge in [-0.05, 0) is 42.5 Å². The fourth-order valence-electron chi connectivity index (χ4n) is 1.70. The molecule has 4 nitrogen and oxygen atoms in total. The maximum absolute atomic E-state index is 12.0. The number of phenolic OH excluding ortho intramolecular Hbond substituents is 1. The zero-order chi connectivity index (χ0) is 14.0. The second-order valence-corrected chi connectivity index (χ2v) is 5.95. The molecule has 0 spiro atoms. The quantitative estimate of drug-likeness (QED) is 0.853. The summed E-state index contributed by atoms with van der Waals surface area (Å²) in [6.07, 6.45) is 2.27. The van der Waals surface area contributed by atoms with Gasteiger partial charge in [-0.3, -0.25) is 14.5 Å². The Labute approximate surface area is 123 Å². The first-order valence-electron chi connectivity index (χ1n) is 5.77. The maximum Gasteiger partial charge on any atom is 0.293 e. The molecular formula is C13H12BrNO3S. The lowest BCUT2D eigenvalue weighted by molar-refractivity contribution is -0.122. The van der Waals surface area contributed by atoms with Crippen LogP contribution >= 0.6 is 27.7 Å². The van der Waals surface area contributed by atoms with E-state index in [0.717, 1.165) is 22.7 Å². The average molecular weight is 342 g/mol. The summed E-state index contributed by atoms with van der Waals surface area (Å²) >= 11 is 4.20. The number of thioether (sulfide) groups is 1. The van der Waals surface area contributed by atoms with Crippen LogP contribution < -0.4 is 0 Å². The topological polar surface area (TPSA) is 57.6 Å². The van der Waals surface area contributed by atoms with Crippen molar-refractivity contribution < 1.29 is 14.7 Å². The molecule has 1 N–H and O–H groups in total. The van der Waals surface area contributed by atoms with Crippen molar-refractivity contribution in [2.75, 3.05) is 6.54 Å². The molecule has 2 rings (SSSR count). The lowest BCUT2D eigenvalue weighted by atomic mass is 10.2. The van der Waals surface area contributed by atoms with Crippen molar-refractivity contribution in [1.82, 2.24) is 4.90 Å². The monoisotopic (exact) mass is 341 g/mol. The summed E-state index contributed by atoms with van der Waals surface area (Å²) in [4.78, 5) is 25.3. The van der Waals surface area contributed by atoms with Gasteiger partial charge in [0.15, 0.2) is 0 Å². The molecule has 19 heavy (non-hydrogen) atoms. The second-order valence-electron chi connectivity index (χ2n) is 4.04. The van der Waals surface area contributed by atoms with Crippen molar-refractivity contribution in [3.63, 3.8) is 0 Å². The maximum atomic E-state index is 12.0. The normalized spacial score (nSPS) is 17.6. The van der Waals surface area contributed by atoms with Gasteiger partial charge in [-0.2, -0.15) is 0 Å². The fourth-order valence-corrected chi connectivity index (χ4v) is 2.93. The summed E-state index contributed by atoms with van der Waals surface area (Å²) in [6, 6.07) is 4.94. The van der Waals surface area contributed by atoms with Crippen LogP contribution in [0.25, 0.3) is 6.08 Å². The Hall–Kier alpha value is -1.27. The molecule has 1 aliphatic rings. The first-order valence-corrected chi connectivity index (χ1v) is 7.37. The molecule has 1 heterocycles. The molecule has 2 amide bonds. The average Bonchev–Trinajstić information content (AvgIpc) is 2.62. The molecule has 6 heteroatoms. The third kappa shape index (κ3) is 3.01. The van der Waals surface area contributed by atoms with E-state index in [1.165, 1.54) is 11.0 Å². The minimum Gasteiger partial charge on any atom is -0.507 e. The van der Waals surface area contributed by atoms with E-state index < -0.39 is 0 Å². The van der Waals surface area contributed by atoms with Crippen LogP contribution in [0.3, 0.4) is 0 Å². The van der Waals surface area contributed by atoms with Crippen molar-refractivity contribution >= 4 is 44.9 Å². The number of aromatic hydroxyl groups is 1. The highest BCUT2D eigenvalue weighted by atomic mass is 79.9. The van der Waals surface area contributed by atoms with Gasteiger partial charge in [-0.15, -0.1) is 0 Å². The molecule has 100 valence electrons. The van der Waals surface area contributed by atoms with Crippen LogP contribution in [-0.4, -0.2) is 27.7 Å². The third-order valence-corrected chi connectivity index (χ3v) is 4.00. The van der Waals surface area contributed by atoms with Crippen molar-refractivity contribution in [1.29, 1.82) is 0 Å². The Bertz CT molecular complexity index is 571. The zero-order valence-corrected chi connectivity index (χ0v) is 12.6. The summed E-state index contributed by atoms with van der Waals surface area (Å²) in [5, 5.41) is 9.48. The summed E-state index contributed by atoms with van der Waals surface area (Å²) < 4.78 is 0.796. The van der Waals surface area contributed by atoms with Crippen LogP contribution in [0.5, 0.6) is 5.75 Å². The van der Waals surface area contributed by atoms with Crippen LogP contribution in [0.4, 0.5) is 4.79 Å². The number of halogens is 1. The number of phenols is 1. The summed E-state index contributed by atoms with van der Waals surface area (Å²) in [6.45, 7) is 2.33. The fraction of sp³-hybridized carbons (Fsp3) is 0.231. The lowest BCUT2D eigenvalue weighted by Gasteiger charge is -2.09. The van der Waals surface area contributed by atoms with E-state index in [1.54, 1.807) is 18.2 Å². The molecule has 0 aromatic heterocycles. The first-order chi connectivity index (χ1) is 9.02. The highest BCUT2D eigenvalue weighted by Crippen LogP contribution is 2.34. The van der Waals surface area contributed by atoms with Crippen LogP contribution in [0, 0.1) is 0 Å². The van der Waals surface area contributed by atoms with Gasteiger partial charge in [0.05, 0.1) is 4.91 Å². The number of imide groups is 1. The van der Waals surface area contributed by atoms with E-state index in [1.807, 2.05) is 6.92 Å². The van der Waals surface area contributed by atoms with Gasteiger partial charge in [0, 0.05) is 16.6 Å². The van der Waals surface area contributed by atoms with E-state index in [2.05, 4.69) is 15.9 Å². The molecule has 0 atom stereocenters. The van der Waals surface area contributed by atoms with Crippen LogP contribution in [0.15, 0.2) is 27.6 Å². The Morgan fingerprint density at radius 1 is 1.42 bits per heavy atom. The van der Waals surface area contributed by atoms with E-state index in [4.69, 9.17) is 0 Å². The third-order valence-electron chi connectivity index (χ3n) is 2.60. The minimum atomic E-state index is -0.295. The largest absolute Gasteiger partial charge is 0.507 e. The van der Waals surface area contributed by atoms with Gasteiger partial charge < -0.3 is 5.11 Å². The molecule has 0 saturated carbocycles. The Morgan fingerprint density at radius 2 is 2.16 bits per heavy atom. The van der Waals surface area contributed by atoms with E-state index in [-0.39, 0.29) is 16.9 Å².